The molecule has 0 spiro atoms. The van der Waals surface area contributed by atoms with Crippen molar-refractivity contribution in [3.8, 4) is 0 Å². The highest BCUT2D eigenvalue weighted by Crippen LogP contribution is 2.42. The average Bonchev–Trinajstić information content (AvgIpc) is 2.60. The molecule has 1 amide bonds. The van der Waals surface area contributed by atoms with Crippen LogP contribution in [0.3, 0.4) is 0 Å². The Morgan fingerprint density at radius 3 is 2.56 bits per heavy atom. The number of hydrogen-bond acceptors (Lipinski definition) is 1. The minimum absolute atomic E-state index is 0.132. The third-order valence-electron chi connectivity index (χ3n) is 4.61. The van der Waals surface area contributed by atoms with Crippen LogP contribution in [-0.4, -0.2) is 5.91 Å². The van der Waals surface area contributed by atoms with Crippen molar-refractivity contribution in [1.29, 1.82) is 0 Å². The van der Waals surface area contributed by atoms with Gasteiger partial charge in [0.1, 0.15) is 0 Å². The summed E-state index contributed by atoms with van der Waals surface area (Å²) in [5.74, 6) is -0.582. The molecule has 0 radical (unpaired) electrons. The highest BCUT2D eigenvalue weighted by Gasteiger charge is 2.33. The summed E-state index contributed by atoms with van der Waals surface area (Å²) < 4.78 is 39.1. The number of carbonyl (C=O) groups excluding carboxylic acids is 1. The van der Waals surface area contributed by atoms with Crippen molar-refractivity contribution >= 4 is 22.4 Å². The standard InChI is InChI=1S/C20H14F3NO/c21-20(22,23)14-6-3-5-13(10-14)17-11-18(25)24-19-15-7-2-1-4-12(15)8-9-16(17)19/h1-10,17H,11H2,(H,24,25). The third kappa shape index (κ3) is 2.76. The molecular weight excluding hydrogens is 327 g/mol. The molecule has 0 aliphatic carbocycles. The fourth-order valence-electron chi connectivity index (χ4n) is 3.43. The number of rotatable bonds is 1. The number of fused-ring (bicyclic) bond motifs is 3. The zero-order valence-electron chi connectivity index (χ0n) is 13.1. The van der Waals surface area contributed by atoms with Crippen LogP contribution in [0.25, 0.3) is 10.8 Å². The van der Waals surface area contributed by atoms with E-state index in [1.54, 1.807) is 6.07 Å². The molecule has 0 aromatic heterocycles. The first kappa shape index (κ1) is 15.7. The molecule has 2 nitrogen and oxygen atoms in total. The van der Waals surface area contributed by atoms with Gasteiger partial charge in [0.15, 0.2) is 0 Å². The smallest absolute Gasteiger partial charge is 0.325 e. The van der Waals surface area contributed by atoms with Crippen LogP contribution < -0.4 is 5.32 Å². The number of hydrogen-bond donors (Lipinski definition) is 1. The Balaban J connectivity index is 1.88. The Morgan fingerprint density at radius 2 is 1.76 bits per heavy atom. The highest BCUT2D eigenvalue weighted by molar-refractivity contribution is 6.06. The van der Waals surface area contributed by atoms with E-state index in [2.05, 4.69) is 5.32 Å². The lowest BCUT2D eigenvalue weighted by Crippen LogP contribution is -2.24. The van der Waals surface area contributed by atoms with Gasteiger partial charge in [-0.15, -0.1) is 0 Å². The fourth-order valence-corrected chi connectivity index (χ4v) is 3.43. The summed E-state index contributed by atoms with van der Waals surface area (Å²) in [4.78, 5) is 12.2. The van der Waals surface area contributed by atoms with E-state index in [4.69, 9.17) is 0 Å². The van der Waals surface area contributed by atoms with Crippen molar-refractivity contribution in [1.82, 2.24) is 0 Å². The maximum Gasteiger partial charge on any atom is 0.416 e. The normalized spacial score (nSPS) is 17.2. The highest BCUT2D eigenvalue weighted by atomic mass is 19.4. The lowest BCUT2D eigenvalue weighted by molar-refractivity contribution is -0.137. The molecule has 1 aliphatic heterocycles. The van der Waals surface area contributed by atoms with Crippen molar-refractivity contribution in [3.05, 3.63) is 77.4 Å². The van der Waals surface area contributed by atoms with Gasteiger partial charge in [0, 0.05) is 17.7 Å². The van der Waals surface area contributed by atoms with Gasteiger partial charge in [-0.3, -0.25) is 4.79 Å². The second kappa shape index (κ2) is 5.62. The summed E-state index contributed by atoms with van der Waals surface area (Å²) >= 11 is 0. The molecule has 3 aromatic carbocycles. The topological polar surface area (TPSA) is 29.1 Å². The molecule has 1 heterocycles. The molecule has 3 aromatic rings. The molecule has 0 saturated carbocycles. The number of anilines is 1. The quantitative estimate of drug-likeness (QED) is 0.636. The lowest BCUT2D eigenvalue weighted by atomic mass is 9.83. The van der Waals surface area contributed by atoms with E-state index in [0.717, 1.165) is 28.5 Å². The molecule has 5 heteroatoms. The third-order valence-corrected chi connectivity index (χ3v) is 4.61. The molecule has 126 valence electrons. The summed E-state index contributed by atoms with van der Waals surface area (Å²) in [7, 11) is 0. The molecule has 1 unspecified atom stereocenters. The van der Waals surface area contributed by atoms with Gasteiger partial charge >= 0.3 is 6.18 Å². The minimum Gasteiger partial charge on any atom is -0.325 e. The van der Waals surface area contributed by atoms with Crippen molar-refractivity contribution in [2.45, 2.75) is 18.5 Å². The minimum atomic E-state index is -4.40. The van der Waals surface area contributed by atoms with Crippen molar-refractivity contribution in [3.63, 3.8) is 0 Å². The zero-order chi connectivity index (χ0) is 17.6. The van der Waals surface area contributed by atoms with Gasteiger partial charge in [-0.05, 0) is 22.6 Å². The van der Waals surface area contributed by atoms with Crippen LogP contribution >= 0.6 is 0 Å². The number of nitrogens with one attached hydrogen (secondary N) is 1. The predicted octanol–water partition coefficient (Wildman–Crippen LogP) is 5.33. The first-order valence-corrected chi connectivity index (χ1v) is 7.92. The van der Waals surface area contributed by atoms with Gasteiger partial charge in [-0.1, -0.05) is 54.6 Å². The van der Waals surface area contributed by atoms with E-state index in [9.17, 15) is 18.0 Å². The molecule has 0 saturated heterocycles. The lowest BCUT2D eigenvalue weighted by Gasteiger charge is -2.27. The molecule has 1 N–H and O–H groups in total. The van der Waals surface area contributed by atoms with E-state index >= 15 is 0 Å². The molecule has 4 rings (SSSR count). The number of benzene rings is 3. The summed E-state index contributed by atoms with van der Waals surface area (Å²) in [6.07, 6.45) is -4.27. The summed E-state index contributed by atoms with van der Waals surface area (Å²) in [6.45, 7) is 0. The van der Waals surface area contributed by atoms with Crippen LogP contribution in [0.4, 0.5) is 18.9 Å². The number of amides is 1. The van der Waals surface area contributed by atoms with E-state index in [1.807, 2.05) is 36.4 Å². The second-order valence-corrected chi connectivity index (χ2v) is 6.18. The van der Waals surface area contributed by atoms with Crippen molar-refractivity contribution in [2.24, 2.45) is 0 Å². The number of alkyl halides is 3. The number of halogens is 3. The van der Waals surface area contributed by atoms with Crippen molar-refractivity contribution < 1.29 is 18.0 Å². The first-order chi connectivity index (χ1) is 11.9. The summed E-state index contributed by atoms with van der Waals surface area (Å²) in [5, 5.41) is 4.76. The predicted molar refractivity (Wildman–Crippen MR) is 90.5 cm³/mol. The Kier molecular flexibility index (Phi) is 3.53. The Morgan fingerprint density at radius 1 is 0.960 bits per heavy atom. The van der Waals surface area contributed by atoms with Gasteiger partial charge in [0.2, 0.25) is 5.91 Å². The first-order valence-electron chi connectivity index (χ1n) is 7.92. The van der Waals surface area contributed by atoms with Gasteiger partial charge in [0.05, 0.1) is 11.3 Å². The molecule has 25 heavy (non-hydrogen) atoms. The molecule has 1 atom stereocenters. The summed E-state index contributed by atoms with van der Waals surface area (Å²) in [6, 6.07) is 16.7. The van der Waals surface area contributed by atoms with Gasteiger partial charge in [0.25, 0.3) is 0 Å². The Labute approximate surface area is 142 Å². The molecule has 0 fully saturated rings. The van der Waals surface area contributed by atoms with Crippen LogP contribution in [0.2, 0.25) is 0 Å². The maximum absolute atomic E-state index is 13.0. The van der Waals surface area contributed by atoms with E-state index in [0.29, 0.717) is 11.3 Å². The van der Waals surface area contributed by atoms with Gasteiger partial charge in [-0.2, -0.15) is 13.2 Å². The molecular formula is C20H14F3NO. The van der Waals surface area contributed by atoms with Crippen LogP contribution in [0.15, 0.2) is 60.7 Å². The van der Waals surface area contributed by atoms with Crippen LogP contribution in [0.5, 0.6) is 0 Å². The van der Waals surface area contributed by atoms with Gasteiger partial charge in [-0.25, -0.2) is 0 Å². The number of carbonyl (C=O) groups is 1. The van der Waals surface area contributed by atoms with Crippen LogP contribution in [0.1, 0.15) is 29.0 Å². The van der Waals surface area contributed by atoms with Crippen LogP contribution in [-0.2, 0) is 11.0 Å². The van der Waals surface area contributed by atoms with E-state index in [-0.39, 0.29) is 12.3 Å². The van der Waals surface area contributed by atoms with Crippen LogP contribution in [0, 0.1) is 0 Å². The van der Waals surface area contributed by atoms with E-state index in [1.165, 1.54) is 6.07 Å². The molecule has 1 aliphatic rings. The zero-order valence-corrected chi connectivity index (χ0v) is 13.1. The largest absolute Gasteiger partial charge is 0.416 e. The Hall–Kier alpha value is -2.82. The fraction of sp³-hybridized carbons (Fsp3) is 0.150. The monoisotopic (exact) mass is 341 g/mol. The van der Waals surface area contributed by atoms with Gasteiger partial charge < -0.3 is 5.32 Å². The Bertz CT molecular complexity index is 978. The SMILES string of the molecule is O=C1CC(c2cccc(C(F)(F)F)c2)c2ccc3ccccc3c2N1. The van der Waals surface area contributed by atoms with Crippen molar-refractivity contribution in [2.75, 3.05) is 5.32 Å². The average molecular weight is 341 g/mol. The molecule has 0 bridgehead atoms. The maximum atomic E-state index is 13.0. The summed E-state index contributed by atoms with van der Waals surface area (Å²) in [5.41, 5.74) is 1.34. The van der Waals surface area contributed by atoms with E-state index < -0.39 is 17.7 Å². The second-order valence-electron chi connectivity index (χ2n) is 6.18.